The number of ether oxygens (including phenoxy) is 1. The van der Waals surface area contributed by atoms with E-state index in [1.54, 1.807) is 11.3 Å². The molecular formula is C16H19NO2S. The maximum absolute atomic E-state index is 12.1. The van der Waals surface area contributed by atoms with E-state index in [1.165, 1.54) is 12.0 Å². The maximum Gasteiger partial charge on any atom is 0.333 e. The van der Waals surface area contributed by atoms with Crippen molar-refractivity contribution in [1.82, 2.24) is 0 Å². The van der Waals surface area contributed by atoms with Gasteiger partial charge in [-0.2, -0.15) is 0 Å². The SMILES string of the molecule is COC(=O)C(Nc1cccc(C)c1)c1cc(C)sc1C. The Bertz CT molecular complexity index is 619. The molecule has 0 bridgehead atoms. The number of hydrogen-bond acceptors (Lipinski definition) is 4. The molecule has 0 spiro atoms. The fourth-order valence-corrected chi connectivity index (χ4v) is 3.18. The summed E-state index contributed by atoms with van der Waals surface area (Å²) < 4.78 is 4.94. The van der Waals surface area contributed by atoms with Gasteiger partial charge in [-0.3, -0.25) is 0 Å². The Hall–Kier alpha value is -1.81. The molecule has 0 amide bonds. The highest BCUT2D eigenvalue weighted by molar-refractivity contribution is 7.12. The molecule has 1 heterocycles. The Morgan fingerprint density at radius 1 is 1.25 bits per heavy atom. The molecule has 0 aliphatic heterocycles. The summed E-state index contributed by atoms with van der Waals surface area (Å²) in [6.07, 6.45) is 0. The molecule has 1 aromatic heterocycles. The van der Waals surface area contributed by atoms with Gasteiger partial charge in [0.1, 0.15) is 0 Å². The summed E-state index contributed by atoms with van der Waals surface area (Å²) in [6, 6.07) is 9.55. The molecule has 0 radical (unpaired) electrons. The highest BCUT2D eigenvalue weighted by atomic mass is 32.1. The maximum atomic E-state index is 12.1. The van der Waals surface area contributed by atoms with E-state index in [0.29, 0.717) is 0 Å². The average molecular weight is 289 g/mol. The molecule has 2 rings (SSSR count). The zero-order chi connectivity index (χ0) is 14.7. The lowest BCUT2D eigenvalue weighted by molar-refractivity contribution is -0.141. The first-order chi connectivity index (χ1) is 9.51. The second kappa shape index (κ2) is 6.09. The lowest BCUT2D eigenvalue weighted by Gasteiger charge is -2.18. The molecule has 106 valence electrons. The zero-order valence-corrected chi connectivity index (χ0v) is 13.0. The van der Waals surface area contributed by atoms with E-state index in [1.807, 2.05) is 51.1 Å². The number of benzene rings is 1. The Morgan fingerprint density at radius 3 is 2.55 bits per heavy atom. The van der Waals surface area contributed by atoms with Gasteiger partial charge in [0.2, 0.25) is 0 Å². The molecule has 4 heteroatoms. The van der Waals surface area contributed by atoms with Gasteiger partial charge in [-0.25, -0.2) is 4.79 Å². The summed E-state index contributed by atoms with van der Waals surface area (Å²) in [5.74, 6) is -0.271. The summed E-state index contributed by atoms with van der Waals surface area (Å²) in [4.78, 5) is 14.4. The normalized spacial score (nSPS) is 12.0. The summed E-state index contributed by atoms with van der Waals surface area (Å²) in [5, 5.41) is 3.27. The number of esters is 1. The minimum Gasteiger partial charge on any atom is -0.467 e. The van der Waals surface area contributed by atoms with E-state index in [-0.39, 0.29) is 5.97 Å². The fourth-order valence-electron chi connectivity index (χ4n) is 2.22. The summed E-state index contributed by atoms with van der Waals surface area (Å²) in [6.45, 7) is 6.10. The predicted octanol–water partition coefficient (Wildman–Crippen LogP) is 4.00. The van der Waals surface area contributed by atoms with Gasteiger partial charge in [0.25, 0.3) is 0 Å². The highest BCUT2D eigenvalue weighted by Crippen LogP contribution is 2.29. The number of thiophene rings is 1. The standard InChI is InChI=1S/C16H19NO2S/c1-10-6-5-7-13(8-10)17-15(16(18)19-4)14-9-11(2)20-12(14)3/h5-9,15,17H,1-4H3. The molecular weight excluding hydrogens is 270 g/mol. The second-order valence-corrected chi connectivity index (χ2v) is 6.30. The molecule has 0 saturated carbocycles. The highest BCUT2D eigenvalue weighted by Gasteiger charge is 2.24. The van der Waals surface area contributed by atoms with Crippen molar-refractivity contribution in [3.05, 3.63) is 51.2 Å². The molecule has 3 nitrogen and oxygen atoms in total. The smallest absolute Gasteiger partial charge is 0.333 e. The lowest BCUT2D eigenvalue weighted by Crippen LogP contribution is -2.22. The molecule has 1 aromatic carbocycles. The number of methoxy groups -OCH3 is 1. The Morgan fingerprint density at radius 2 is 2.00 bits per heavy atom. The van der Waals surface area contributed by atoms with E-state index in [4.69, 9.17) is 4.74 Å². The van der Waals surface area contributed by atoms with Gasteiger partial charge >= 0.3 is 5.97 Å². The van der Waals surface area contributed by atoms with Gasteiger partial charge in [-0.05, 0) is 50.1 Å². The Labute approximate surface area is 123 Å². The molecule has 20 heavy (non-hydrogen) atoms. The second-order valence-electron chi connectivity index (χ2n) is 4.84. The van der Waals surface area contributed by atoms with Gasteiger partial charge in [0.05, 0.1) is 7.11 Å². The molecule has 0 fully saturated rings. The van der Waals surface area contributed by atoms with Crippen LogP contribution in [0.2, 0.25) is 0 Å². The van der Waals surface area contributed by atoms with Crippen molar-refractivity contribution in [3.8, 4) is 0 Å². The number of nitrogens with one attached hydrogen (secondary N) is 1. The van der Waals surface area contributed by atoms with Crippen LogP contribution in [-0.4, -0.2) is 13.1 Å². The Balaban J connectivity index is 2.34. The van der Waals surface area contributed by atoms with Crippen molar-refractivity contribution < 1.29 is 9.53 Å². The monoisotopic (exact) mass is 289 g/mol. The van der Waals surface area contributed by atoms with Crippen LogP contribution in [0.4, 0.5) is 5.69 Å². The van der Waals surface area contributed by atoms with Crippen molar-refractivity contribution in [2.75, 3.05) is 12.4 Å². The summed E-state index contributed by atoms with van der Waals surface area (Å²) in [5.41, 5.74) is 3.06. The van der Waals surface area contributed by atoms with E-state index in [0.717, 1.165) is 21.7 Å². The van der Waals surface area contributed by atoms with Crippen molar-refractivity contribution in [3.63, 3.8) is 0 Å². The van der Waals surface area contributed by atoms with Crippen LogP contribution in [-0.2, 0) is 9.53 Å². The quantitative estimate of drug-likeness (QED) is 0.865. The predicted molar refractivity (Wildman–Crippen MR) is 83.4 cm³/mol. The van der Waals surface area contributed by atoms with Crippen LogP contribution in [0.1, 0.15) is 26.9 Å². The van der Waals surface area contributed by atoms with Crippen LogP contribution >= 0.6 is 11.3 Å². The molecule has 0 aliphatic carbocycles. The number of carbonyl (C=O) groups is 1. The first kappa shape index (κ1) is 14.6. The molecule has 1 N–H and O–H groups in total. The third-order valence-corrected chi connectivity index (χ3v) is 4.14. The van der Waals surface area contributed by atoms with Crippen LogP contribution in [0, 0.1) is 20.8 Å². The largest absolute Gasteiger partial charge is 0.467 e. The summed E-state index contributed by atoms with van der Waals surface area (Å²) >= 11 is 1.69. The van der Waals surface area contributed by atoms with Crippen molar-refractivity contribution in [2.24, 2.45) is 0 Å². The number of anilines is 1. The van der Waals surface area contributed by atoms with Crippen LogP contribution < -0.4 is 5.32 Å². The zero-order valence-electron chi connectivity index (χ0n) is 12.2. The first-order valence-electron chi connectivity index (χ1n) is 6.49. The number of rotatable bonds is 4. The fraction of sp³-hybridized carbons (Fsp3) is 0.312. The first-order valence-corrected chi connectivity index (χ1v) is 7.31. The van der Waals surface area contributed by atoms with Crippen molar-refractivity contribution in [1.29, 1.82) is 0 Å². The van der Waals surface area contributed by atoms with Crippen LogP contribution in [0.3, 0.4) is 0 Å². The molecule has 2 aromatic rings. The van der Waals surface area contributed by atoms with Gasteiger partial charge in [0.15, 0.2) is 6.04 Å². The number of hydrogen-bond donors (Lipinski definition) is 1. The third-order valence-electron chi connectivity index (χ3n) is 3.16. The van der Waals surface area contributed by atoms with E-state index in [2.05, 4.69) is 5.32 Å². The van der Waals surface area contributed by atoms with Crippen molar-refractivity contribution >= 4 is 23.0 Å². The number of aryl methyl sites for hydroxylation is 3. The van der Waals surface area contributed by atoms with Gasteiger partial charge in [-0.15, -0.1) is 11.3 Å². The molecule has 1 unspecified atom stereocenters. The van der Waals surface area contributed by atoms with Crippen LogP contribution in [0.5, 0.6) is 0 Å². The van der Waals surface area contributed by atoms with Crippen LogP contribution in [0.25, 0.3) is 0 Å². The average Bonchev–Trinajstić information content (AvgIpc) is 2.74. The molecule has 0 saturated heterocycles. The van der Waals surface area contributed by atoms with Gasteiger partial charge < -0.3 is 10.1 Å². The molecule has 1 atom stereocenters. The van der Waals surface area contributed by atoms with E-state index >= 15 is 0 Å². The lowest BCUT2D eigenvalue weighted by atomic mass is 10.1. The van der Waals surface area contributed by atoms with Crippen molar-refractivity contribution in [2.45, 2.75) is 26.8 Å². The minimum absolute atomic E-state index is 0.271. The number of carbonyl (C=O) groups excluding carboxylic acids is 1. The third kappa shape index (κ3) is 3.20. The van der Waals surface area contributed by atoms with E-state index in [9.17, 15) is 4.79 Å². The Kier molecular flexibility index (Phi) is 4.45. The van der Waals surface area contributed by atoms with Gasteiger partial charge in [-0.1, -0.05) is 12.1 Å². The van der Waals surface area contributed by atoms with E-state index < -0.39 is 6.04 Å². The summed E-state index contributed by atoms with van der Waals surface area (Å²) in [7, 11) is 1.42. The van der Waals surface area contributed by atoms with Gasteiger partial charge in [0, 0.05) is 15.4 Å². The minimum atomic E-state index is -0.466. The molecule has 0 aliphatic rings. The topological polar surface area (TPSA) is 38.3 Å². The van der Waals surface area contributed by atoms with Crippen LogP contribution in [0.15, 0.2) is 30.3 Å².